The van der Waals surface area contributed by atoms with Crippen LogP contribution in [0, 0.1) is 5.92 Å². The lowest BCUT2D eigenvalue weighted by Gasteiger charge is -2.27. The number of halogens is 3. The molecule has 2 aromatic carbocycles. The molecule has 0 spiro atoms. The molecule has 0 saturated carbocycles. The van der Waals surface area contributed by atoms with Crippen molar-refractivity contribution >= 4 is 12.1 Å². The minimum absolute atomic E-state index is 0.154. The Morgan fingerprint density at radius 1 is 1.19 bits per heavy atom. The fourth-order valence-electron chi connectivity index (χ4n) is 3.18. The van der Waals surface area contributed by atoms with Gasteiger partial charge in [-0.2, -0.15) is 13.2 Å². The molecule has 2 aromatic rings. The number of alkyl halides is 3. The molecule has 3 atom stereocenters. The normalized spacial score (nSPS) is 18.3. The molecule has 7 nitrogen and oxygen atoms in total. The van der Waals surface area contributed by atoms with Crippen molar-refractivity contribution in [2.45, 2.75) is 24.7 Å². The van der Waals surface area contributed by atoms with Crippen molar-refractivity contribution in [2.75, 3.05) is 13.7 Å². The molecule has 0 aromatic heterocycles. The van der Waals surface area contributed by atoms with Crippen molar-refractivity contribution in [1.82, 2.24) is 5.06 Å². The number of aliphatic hydroxyl groups is 1. The van der Waals surface area contributed by atoms with Crippen LogP contribution in [0.2, 0.25) is 0 Å². The first-order valence-corrected chi connectivity index (χ1v) is 9.31. The van der Waals surface area contributed by atoms with E-state index in [2.05, 4.69) is 0 Å². The van der Waals surface area contributed by atoms with Crippen molar-refractivity contribution < 1.29 is 42.2 Å². The highest BCUT2D eigenvalue weighted by molar-refractivity contribution is 5.77. The molecule has 1 heterocycles. The Bertz CT molecular complexity index is 904. The van der Waals surface area contributed by atoms with E-state index in [0.717, 1.165) is 5.56 Å². The first kappa shape index (κ1) is 22.4. The Morgan fingerprint density at radius 3 is 2.42 bits per heavy atom. The number of hydrogen-bond donors (Lipinski definition) is 1. The van der Waals surface area contributed by atoms with Crippen molar-refractivity contribution in [3.05, 3.63) is 65.7 Å². The van der Waals surface area contributed by atoms with Crippen LogP contribution in [0.3, 0.4) is 0 Å². The molecule has 1 aliphatic rings. The van der Waals surface area contributed by atoms with Gasteiger partial charge in [0.25, 0.3) is 0 Å². The predicted molar refractivity (Wildman–Crippen MR) is 101 cm³/mol. The van der Waals surface area contributed by atoms with Crippen LogP contribution in [0.15, 0.2) is 54.6 Å². The van der Waals surface area contributed by atoms with Gasteiger partial charge in [-0.25, -0.2) is 9.59 Å². The summed E-state index contributed by atoms with van der Waals surface area (Å²) in [4.78, 5) is 29.2. The third kappa shape index (κ3) is 5.26. The molecular formula is C21H20F3NO6. The fraction of sp³-hybridized carbons (Fsp3) is 0.333. The summed E-state index contributed by atoms with van der Waals surface area (Å²) in [7, 11) is 1.38. The molecule has 1 aliphatic heterocycles. The maximum Gasteiger partial charge on any atom is 0.443 e. The van der Waals surface area contributed by atoms with Crippen molar-refractivity contribution in [2.24, 2.45) is 5.92 Å². The molecule has 1 fully saturated rings. The summed E-state index contributed by atoms with van der Waals surface area (Å²) >= 11 is 0. The summed E-state index contributed by atoms with van der Waals surface area (Å²) in [6.45, 7) is -0.154. The zero-order chi connectivity index (χ0) is 22.6. The van der Waals surface area contributed by atoms with E-state index in [9.17, 15) is 27.9 Å². The third-order valence-corrected chi connectivity index (χ3v) is 4.79. The van der Waals surface area contributed by atoms with Crippen LogP contribution in [-0.2, 0) is 20.8 Å². The largest absolute Gasteiger partial charge is 0.497 e. The van der Waals surface area contributed by atoms with Crippen LogP contribution in [0.5, 0.6) is 5.75 Å². The molecule has 1 amide bonds. The average Bonchev–Trinajstić information content (AvgIpc) is 3.07. The van der Waals surface area contributed by atoms with E-state index >= 15 is 0 Å². The van der Waals surface area contributed by atoms with E-state index in [1.54, 1.807) is 30.3 Å². The van der Waals surface area contributed by atoms with E-state index in [-0.39, 0.29) is 18.6 Å². The second-order valence-electron chi connectivity index (χ2n) is 6.89. The number of ether oxygens (including phenoxy) is 2. The number of carbonyl (C=O) groups is 2. The summed E-state index contributed by atoms with van der Waals surface area (Å²) < 4.78 is 50.7. The molecule has 0 unspecified atom stereocenters. The molecule has 0 radical (unpaired) electrons. The monoisotopic (exact) mass is 439 g/mol. The van der Waals surface area contributed by atoms with Crippen molar-refractivity contribution in [3.63, 3.8) is 0 Å². The number of cyclic esters (lactones) is 1. The Balaban J connectivity index is 1.78. The SMILES string of the molecule is COc1ccc([C@@H](O)[C@@H](C(=O)ON2C(=O)OC[C@@H]2Cc2ccccc2)C(F)(F)F)cc1. The number of amides is 1. The first-order valence-electron chi connectivity index (χ1n) is 9.31. The summed E-state index contributed by atoms with van der Waals surface area (Å²) in [6, 6.07) is 13.1. The van der Waals surface area contributed by atoms with Gasteiger partial charge in [0.1, 0.15) is 24.5 Å². The van der Waals surface area contributed by atoms with Gasteiger partial charge in [0.15, 0.2) is 5.92 Å². The van der Waals surface area contributed by atoms with E-state index < -0.39 is 36.3 Å². The Hall–Kier alpha value is -3.27. The highest BCUT2D eigenvalue weighted by atomic mass is 19.4. The Labute approximate surface area is 175 Å². The minimum Gasteiger partial charge on any atom is -0.497 e. The molecule has 10 heteroatoms. The lowest BCUT2D eigenvalue weighted by molar-refractivity contribution is -0.235. The lowest BCUT2D eigenvalue weighted by atomic mass is 9.95. The summed E-state index contributed by atoms with van der Waals surface area (Å²) in [5.74, 6) is -4.36. The van der Waals surface area contributed by atoms with E-state index in [4.69, 9.17) is 14.3 Å². The van der Waals surface area contributed by atoms with E-state index in [1.807, 2.05) is 0 Å². The van der Waals surface area contributed by atoms with Crippen LogP contribution < -0.4 is 4.74 Å². The number of hydroxylamine groups is 2. The van der Waals surface area contributed by atoms with Gasteiger partial charge < -0.3 is 19.4 Å². The summed E-state index contributed by atoms with van der Waals surface area (Å²) in [6.07, 6.45) is -8.24. The number of aliphatic hydroxyl groups excluding tert-OH is 1. The topological polar surface area (TPSA) is 85.3 Å². The quantitative estimate of drug-likeness (QED) is 0.712. The lowest BCUT2D eigenvalue weighted by Crippen LogP contribution is -2.43. The smallest absolute Gasteiger partial charge is 0.443 e. The van der Waals surface area contributed by atoms with Crippen LogP contribution in [0.4, 0.5) is 18.0 Å². The highest BCUT2D eigenvalue weighted by Gasteiger charge is 2.53. The van der Waals surface area contributed by atoms with Crippen molar-refractivity contribution in [3.8, 4) is 5.75 Å². The van der Waals surface area contributed by atoms with Gasteiger partial charge in [0.05, 0.1) is 7.11 Å². The number of hydrogen-bond acceptors (Lipinski definition) is 6. The van der Waals surface area contributed by atoms with Gasteiger partial charge in [0, 0.05) is 0 Å². The van der Waals surface area contributed by atoms with E-state index in [0.29, 0.717) is 10.8 Å². The molecule has 166 valence electrons. The van der Waals surface area contributed by atoms with Gasteiger partial charge in [-0.05, 0) is 29.7 Å². The standard InChI is InChI=1S/C21H20F3NO6/c1-29-16-9-7-14(8-10-16)18(26)17(21(22,23)24)19(27)31-25-15(12-30-20(25)28)11-13-5-3-2-4-6-13/h2-10,15,17-18,26H,11-12H2,1H3/t15-,17-,18+/m0/s1. The molecule has 0 bridgehead atoms. The Kier molecular flexibility index (Phi) is 6.69. The van der Waals surface area contributed by atoms with Gasteiger partial charge in [-0.3, -0.25) is 0 Å². The average molecular weight is 439 g/mol. The summed E-state index contributed by atoms with van der Waals surface area (Å²) in [5, 5.41) is 10.8. The number of methoxy groups -OCH3 is 1. The fourth-order valence-corrected chi connectivity index (χ4v) is 3.18. The summed E-state index contributed by atoms with van der Waals surface area (Å²) in [5.41, 5.74) is 0.613. The first-order chi connectivity index (χ1) is 14.7. The molecule has 1 saturated heterocycles. The van der Waals surface area contributed by atoms with Crippen LogP contribution >= 0.6 is 0 Å². The van der Waals surface area contributed by atoms with Crippen molar-refractivity contribution in [1.29, 1.82) is 0 Å². The molecule has 3 rings (SSSR count). The maximum absolute atomic E-state index is 13.6. The van der Waals surface area contributed by atoms with Crippen LogP contribution in [0.25, 0.3) is 0 Å². The second kappa shape index (κ2) is 9.25. The number of carbonyl (C=O) groups excluding carboxylic acids is 2. The maximum atomic E-state index is 13.6. The van der Waals surface area contributed by atoms with Gasteiger partial charge in [-0.15, -0.1) is 5.06 Å². The predicted octanol–water partition coefficient (Wildman–Crippen LogP) is 3.43. The number of benzene rings is 2. The second-order valence-corrected chi connectivity index (χ2v) is 6.89. The van der Waals surface area contributed by atoms with E-state index in [1.165, 1.54) is 31.4 Å². The molecule has 31 heavy (non-hydrogen) atoms. The molecule has 0 aliphatic carbocycles. The number of nitrogens with zero attached hydrogens (tertiary/aromatic N) is 1. The molecular weight excluding hydrogens is 419 g/mol. The zero-order valence-corrected chi connectivity index (χ0v) is 16.4. The molecule has 1 N–H and O–H groups in total. The third-order valence-electron chi connectivity index (χ3n) is 4.79. The number of rotatable bonds is 7. The van der Waals surface area contributed by atoms with Crippen LogP contribution in [-0.4, -0.2) is 48.2 Å². The highest BCUT2D eigenvalue weighted by Crippen LogP contribution is 2.38. The van der Waals surface area contributed by atoms with Gasteiger partial charge in [0.2, 0.25) is 0 Å². The van der Waals surface area contributed by atoms with Gasteiger partial charge >= 0.3 is 18.2 Å². The minimum atomic E-state index is -5.13. The Morgan fingerprint density at radius 2 is 1.84 bits per heavy atom. The van der Waals surface area contributed by atoms with Crippen LogP contribution in [0.1, 0.15) is 17.2 Å². The van der Waals surface area contributed by atoms with Gasteiger partial charge in [-0.1, -0.05) is 42.5 Å². The zero-order valence-electron chi connectivity index (χ0n) is 16.4.